The number of rotatable bonds is 6. The van der Waals surface area contributed by atoms with Crippen LogP contribution in [-0.4, -0.2) is 35.8 Å². The van der Waals surface area contributed by atoms with E-state index in [0.29, 0.717) is 31.1 Å². The van der Waals surface area contributed by atoms with Crippen LogP contribution < -0.4 is 16.8 Å². The van der Waals surface area contributed by atoms with Crippen LogP contribution in [0.1, 0.15) is 31.4 Å². The van der Waals surface area contributed by atoms with Crippen LogP contribution in [0.4, 0.5) is 11.8 Å². The summed E-state index contributed by atoms with van der Waals surface area (Å²) in [6.45, 7) is 4.07. The minimum absolute atomic E-state index is 0. The van der Waals surface area contributed by atoms with Gasteiger partial charge < -0.3 is 21.5 Å². The van der Waals surface area contributed by atoms with Crippen molar-refractivity contribution in [2.45, 2.75) is 31.7 Å². The maximum atomic E-state index is 5.79. The van der Waals surface area contributed by atoms with E-state index in [4.69, 9.17) is 16.2 Å². The molecule has 1 fully saturated rings. The fourth-order valence-electron chi connectivity index (χ4n) is 2.08. The first-order valence-corrected chi connectivity index (χ1v) is 6.40. The molecule has 2 rings (SSSR count). The lowest BCUT2D eigenvalue weighted by atomic mass is 9.78. The maximum absolute atomic E-state index is 5.79. The molecule has 0 aliphatic heterocycles. The maximum Gasteiger partial charge on any atom is 0.222 e. The molecule has 20 heavy (non-hydrogen) atoms. The largest absolute Gasteiger partial charge is 0.380 e. The molecule has 1 saturated carbocycles. The van der Waals surface area contributed by atoms with Gasteiger partial charge in [-0.2, -0.15) is 4.98 Å². The van der Waals surface area contributed by atoms with Crippen molar-refractivity contribution < 1.29 is 4.74 Å². The van der Waals surface area contributed by atoms with Gasteiger partial charge in [-0.3, -0.25) is 0 Å². The summed E-state index contributed by atoms with van der Waals surface area (Å²) in [5, 5.41) is 3.19. The second-order valence-electron chi connectivity index (χ2n) is 4.59. The van der Waals surface area contributed by atoms with E-state index in [2.05, 4.69) is 15.3 Å². The zero-order chi connectivity index (χ0) is 13.0. The van der Waals surface area contributed by atoms with Crippen LogP contribution >= 0.6 is 24.8 Å². The molecule has 0 spiro atoms. The molecule has 1 heterocycles. The highest BCUT2D eigenvalue weighted by Crippen LogP contribution is 2.35. The first kappa shape index (κ1) is 19.2. The van der Waals surface area contributed by atoms with Gasteiger partial charge in [0.15, 0.2) is 0 Å². The van der Waals surface area contributed by atoms with Crippen LogP contribution in [0.25, 0.3) is 0 Å². The molecule has 5 N–H and O–H groups in total. The van der Waals surface area contributed by atoms with Crippen molar-refractivity contribution in [3.05, 3.63) is 11.8 Å². The molecule has 0 aromatic carbocycles. The van der Waals surface area contributed by atoms with Crippen LogP contribution in [-0.2, 0) is 4.74 Å². The molecule has 1 aromatic rings. The number of nitrogens with zero attached hydrogens (tertiary/aromatic N) is 2. The molecular formula is C12H23Cl2N5O. The lowest BCUT2D eigenvalue weighted by molar-refractivity contribution is 0.158. The van der Waals surface area contributed by atoms with E-state index in [1.54, 1.807) is 0 Å². The highest BCUT2D eigenvalue weighted by molar-refractivity contribution is 5.85. The Morgan fingerprint density at radius 2 is 2.05 bits per heavy atom. The fraction of sp³-hybridized carbons (Fsp3) is 0.667. The molecular weight excluding hydrogens is 301 g/mol. The average Bonchev–Trinajstić information content (AvgIpc) is 2.30. The molecule has 0 radical (unpaired) electrons. The predicted octanol–water partition coefficient (Wildman–Crippen LogP) is 1.56. The van der Waals surface area contributed by atoms with Crippen molar-refractivity contribution in [3.8, 4) is 0 Å². The van der Waals surface area contributed by atoms with E-state index >= 15 is 0 Å². The van der Waals surface area contributed by atoms with Crippen molar-refractivity contribution in [1.29, 1.82) is 0 Å². The van der Waals surface area contributed by atoms with Gasteiger partial charge in [0.25, 0.3) is 0 Å². The number of aromatic nitrogens is 2. The standard InChI is InChI=1S/C12H21N5O.2ClH/c1-2-18-4-3-15-11-7-10(16-12(14)17-11)8-5-9(13)6-8;;/h7-9H,2-6,13H2,1H3,(H3,14,15,16,17);2*1H. The number of halogens is 2. The molecule has 0 saturated heterocycles. The summed E-state index contributed by atoms with van der Waals surface area (Å²) in [4.78, 5) is 8.43. The third-order valence-corrected chi connectivity index (χ3v) is 3.11. The lowest BCUT2D eigenvalue weighted by Gasteiger charge is -2.32. The van der Waals surface area contributed by atoms with Crippen LogP contribution in [0.5, 0.6) is 0 Å². The average molecular weight is 324 g/mol. The molecule has 1 aliphatic carbocycles. The normalized spacial score (nSPS) is 20.3. The number of ether oxygens (including phenoxy) is 1. The van der Waals surface area contributed by atoms with Crippen molar-refractivity contribution in [2.75, 3.05) is 30.8 Å². The monoisotopic (exact) mass is 323 g/mol. The van der Waals surface area contributed by atoms with Crippen LogP contribution in [0.15, 0.2) is 6.07 Å². The number of nitrogen functional groups attached to an aromatic ring is 1. The number of hydrogen-bond acceptors (Lipinski definition) is 6. The number of anilines is 2. The topological polar surface area (TPSA) is 99.1 Å². The molecule has 1 aliphatic rings. The van der Waals surface area contributed by atoms with Crippen LogP contribution in [0, 0.1) is 0 Å². The summed E-state index contributed by atoms with van der Waals surface area (Å²) in [5.41, 5.74) is 12.5. The zero-order valence-electron chi connectivity index (χ0n) is 11.5. The molecule has 0 atom stereocenters. The Morgan fingerprint density at radius 3 is 2.65 bits per heavy atom. The molecule has 0 amide bonds. The second-order valence-corrected chi connectivity index (χ2v) is 4.59. The Hall–Kier alpha value is -0.820. The third kappa shape index (κ3) is 5.28. The minimum atomic E-state index is 0. The number of nitrogens with two attached hydrogens (primary N) is 2. The van der Waals surface area contributed by atoms with Gasteiger partial charge in [0.1, 0.15) is 5.82 Å². The highest BCUT2D eigenvalue weighted by atomic mass is 35.5. The van der Waals surface area contributed by atoms with Gasteiger partial charge in [0, 0.05) is 31.2 Å². The minimum Gasteiger partial charge on any atom is -0.380 e. The molecule has 0 unspecified atom stereocenters. The van der Waals surface area contributed by atoms with Gasteiger partial charge in [-0.15, -0.1) is 24.8 Å². The van der Waals surface area contributed by atoms with E-state index in [1.165, 1.54) is 0 Å². The number of hydrogen-bond donors (Lipinski definition) is 3. The van der Waals surface area contributed by atoms with Gasteiger partial charge in [-0.05, 0) is 19.8 Å². The second kappa shape index (κ2) is 9.18. The predicted molar refractivity (Wildman–Crippen MR) is 85.9 cm³/mol. The summed E-state index contributed by atoms with van der Waals surface area (Å²) in [5.74, 6) is 1.50. The summed E-state index contributed by atoms with van der Waals surface area (Å²) < 4.78 is 5.26. The molecule has 1 aromatic heterocycles. The summed E-state index contributed by atoms with van der Waals surface area (Å²) in [6, 6.07) is 2.26. The molecule has 8 heteroatoms. The van der Waals surface area contributed by atoms with Gasteiger partial charge in [-0.25, -0.2) is 4.98 Å². The van der Waals surface area contributed by atoms with Crippen LogP contribution in [0.3, 0.4) is 0 Å². The van der Waals surface area contributed by atoms with Crippen molar-refractivity contribution in [2.24, 2.45) is 5.73 Å². The van der Waals surface area contributed by atoms with Gasteiger partial charge in [-0.1, -0.05) is 0 Å². The Morgan fingerprint density at radius 1 is 1.35 bits per heavy atom. The summed E-state index contributed by atoms with van der Waals surface area (Å²) in [6.07, 6.45) is 1.96. The first-order chi connectivity index (χ1) is 8.69. The Kier molecular flexibility index (Phi) is 8.80. The van der Waals surface area contributed by atoms with Gasteiger partial charge in [0.05, 0.1) is 12.3 Å². The Balaban J connectivity index is 0.00000180. The quantitative estimate of drug-likeness (QED) is 0.687. The van der Waals surface area contributed by atoms with E-state index in [1.807, 2.05) is 13.0 Å². The molecule has 116 valence electrons. The summed E-state index contributed by atoms with van der Waals surface area (Å²) in [7, 11) is 0. The lowest BCUT2D eigenvalue weighted by Crippen LogP contribution is -2.35. The van der Waals surface area contributed by atoms with E-state index in [0.717, 1.165) is 31.0 Å². The first-order valence-electron chi connectivity index (χ1n) is 6.40. The van der Waals surface area contributed by atoms with E-state index in [9.17, 15) is 0 Å². The fourth-order valence-corrected chi connectivity index (χ4v) is 2.08. The third-order valence-electron chi connectivity index (χ3n) is 3.11. The molecule has 6 nitrogen and oxygen atoms in total. The SMILES string of the molecule is CCOCCNc1cc(C2CC(N)C2)nc(N)n1.Cl.Cl. The van der Waals surface area contributed by atoms with Crippen molar-refractivity contribution >= 4 is 36.6 Å². The van der Waals surface area contributed by atoms with E-state index in [-0.39, 0.29) is 24.8 Å². The van der Waals surface area contributed by atoms with E-state index < -0.39 is 0 Å². The van der Waals surface area contributed by atoms with Gasteiger partial charge >= 0.3 is 0 Å². The Bertz CT molecular complexity index is 401. The Labute approximate surface area is 131 Å². The zero-order valence-corrected chi connectivity index (χ0v) is 13.2. The highest BCUT2D eigenvalue weighted by Gasteiger charge is 2.28. The van der Waals surface area contributed by atoms with Crippen molar-refractivity contribution in [1.82, 2.24) is 9.97 Å². The summed E-state index contributed by atoms with van der Waals surface area (Å²) >= 11 is 0. The van der Waals surface area contributed by atoms with Crippen molar-refractivity contribution in [3.63, 3.8) is 0 Å². The smallest absolute Gasteiger partial charge is 0.222 e. The molecule has 0 bridgehead atoms. The van der Waals surface area contributed by atoms with Crippen LogP contribution in [0.2, 0.25) is 0 Å². The van der Waals surface area contributed by atoms with Gasteiger partial charge in [0.2, 0.25) is 5.95 Å². The number of nitrogens with one attached hydrogen (secondary N) is 1.